The maximum Gasteiger partial charge on any atom is 0.248 e. The van der Waals surface area contributed by atoms with Crippen molar-refractivity contribution in [3.05, 3.63) is 71.2 Å². The largest absolute Gasteiger partial charge is 0.366 e. The molecule has 2 heterocycles. The number of carbonyl (C=O) groups is 1. The van der Waals surface area contributed by atoms with Crippen LogP contribution in [-0.4, -0.2) is 20.9 Å². The van der Waals surface area contributed by atoms with E-state index >= 15 is 0 Å². The Kier molecular flexibility index (Phi) is 5.16. The number of primary amides is 1. The average molecular weight is 386 g/mol. The highest BCUT2D eigenvalue weighted by atomic mass is 35.5. The predicted molar refractivity (Wildman–Crippen MR) is 103 cm³/mol. The van der Waals surface area contributed by atoms with Crippen LogP contribution in [0.5, 0.6) is 0 Å². The number of pyridine rings is 1. The van der Waals surface area contributed by atoms with Gasteiger partial charge in [-0.3, -0.25) is 4.79 Å². The fourth-order valence-electron chi connectivity index (χ4n) is 2.27. The Hall–Kier alpha value is -2.96. The minimum atomic E-state index is -0.592. The van der Waals surface area contributed by atoms with Crippen LogP contribution in [0.4, 0.5) is 11.5 Å². The minimum Gasteiger partial charge on any atom is -0.366 e. The molecule has 0 saturated carbocycles. The lowest BCUT2D eigenvalue weighted by Gasteiger charge is -2.14. The molecule has 0 aliphatic rings. The summed E-state index contributed by atoms with van der Waals surface area (Å²) in [7, 11) is 0. The molecule has 3 rings (SSSR count). The van der Waals surface area contributed by atoms with Gasteiger partial charge in [0.15, 0.2) is 0 Å². The van der Waals surface area contributed by atoms with Gasteiger partial charge in [0.1, 0.15) is 12.1 Å². The highest BCUT2D eigenvalue weighted by Gasteiger charge is 2.13. The molecule has 0 atom stereocenters. The van der Waals surface area contributed by atoms with Crippen LogP contribution in [0.3, 0.4) is 0 Å². The summed E-state index contributed by atoms with van der Waals surface area (Å²) in [6.45, 7) is 3.72. The molecule has 130 valence electrons. The standard InChI is InChI=1S/C18H13Cl2N5O/c1-10(18(21)26)11-2-3-16(12(6-11)15-4-5-22-9-24-15)25-17-7-13(19)14(20)8-23-17/h2-9H,1H2,(H2,21,26)(H,23,25). The molecule has 0 saturated heterocycles. The number of rotatable bonds is 5. The van der Waals surface area contributed by atoms with Crippen molar-refractivity contribution in [2.45, 2.75) is 0 Å². The molecule has 2 aromatic heterocycles. The second-order valence-electron chi connectivity index (χ2n) is 5.31. The summed E-state index contributed by atoms with van der Waals surface area (Å²) >= 11 is 11.9. The number of nitrogens with two attached hydrogens (primary N) is 1. The van der Waals surface area contributed by atoms with Crippen molar-refractivity contribution in [2.24, 2.45) is 5.73 Å². The van der Waals surface area contributed by atoms with Crippen LogP contribution in [0, 0.1) is 0 Å². The molecule has 0 aliphatic heterocycles. The molecule has 3 N–H and O–H groups in total. The van der Waals surface area contributed by atoms with E-state index in [2.05, 4.69) is 26.8 Å². The number of aromatic nitrogens is 3. The van der Waals surface area contributed by atoms with E-state index in [1.165, 1.54) is 12.5 Å². The molecule has 0 unspecified atom stereocenters. The summed E-state index contributed by atoms with van der Waals surface area (Å²) in [4.78, 5) is 23.8. The van der Waals surface area contributed by atoms with Gasteiger partial charge in [-0.25, -0.2) is 15.0 Å². The topological polar surface area (TPSA) is 93.8 Å². The molecule has 26 heavy (non-hydrogen) atoms. The number of nitrogens with one attached hydrogen (secondary N) is 1. The summed E-state index contributed by atoms with van der Waals surface area (Å²) in [6, 6.07) is 8.65. The first-order chi connectivity index (χ1) is 12.5. The first-order valence-corrected chi connectivity index (χ1v) is 8.19. The number of carbonyl (C=O) groups excluding carboxylic acids is 1. The zero-order valence-corrected chi connectivity index (χ0v) is 14.9. The smallest absolute Gasteiger partial charge is 0.248 e. The number of benzene rings is 1. The Morgan fingerprint density at radius 1 is 1.12 bits per heavy atom. The lowest BCUT2D eigenvalue weighted by Crippen LogP contribution is -2.12. The van der Waals surface area contributed by atoms with Crippen LogP contribution in [0.1, 0.15) is 5.56 Å². The maximum atomic E-state index is 11.4. The molecule has 0 spiro atoms. The molecule has 1 aromatic carbocycles. The van der Waals surface area contributed by atoms with Gasteiger partial charge in [0.05, 0.1) is 15.7 Å². The number of halogens is 2. The highest BCUT2D eigenvalue weighted by Crippen LogP contribution is 2.32. The van der Waals surface area contributed by atoms with Crippen molar-refractivity contribution < 1.29 is 4.79 Å². The average Bonchev–Trinajstić information content (AvgIpc) is 2.65. The zero-order chi connectivity index (χ0) is 18.7. The first-order valence-electron chi connectivity index (χ1n) is 7.43. The Morgan fingerprint density at radius 3 is 2.58 bits per heavy atom. The van der Waals surface area contributed by atoms with Gasteiger partial charge in [0.2, 0.25) is 5.91 Å². The van der Waals surface area contributed by atoms with Crippen molar-refractivity contribution in [2.75, 3.05) is 5.32 Å². The van der Waals surface area contributed by atoms with Crippen LogP contribution in [-0.2, 0) is 4.79 Å². The van der Waals surface area contributed by atoms with Gasteiger partial charge in [0.25, 0.3) is 0 Å². The third-order valence-electron chi connectivity index (χ3n) is 3.59. The molecule has 0 bridgehead atoms. The van der Waals surface area contributed by atoms with Crippen molar-refractivity contribution in [1.29, 1.82) is 0 Å². The van der Waals surface area contributed by atoms with E-state index in [4.69, 9.17) is 28.9 Å². The van der Waals surface area contributed by atoms with E-state index in [1.807, 2.05) is 0 Å². The van der Waals surface area contributed by atoms with Crippen LogP contribution < -0.4 is 11.1 Å². The van der Waals surface area contributed by atoms with Crippen molar-refractivity contribution in [3.8, 4) is 11.3 Å². The number of nitrogens with zero attached hydrogens (tertiary/aromatic N) is 3. The molecular formula is C18H13Cl2N5O. The zero-order valence-electron chi connectivity index (χ0n) is 13.4. The van der Waals surface area contributed by atoms with Crippen LogP contribution in [0.25, 0.3) is 16.8 Å². The number of hydrogen-bond donors (Lipinski definition) is 2. The summed E-state index contributed by atoms with van der Waals surface area (Å²) in [5.41, 5.74) is 8.22. The molecule has 0 fully saturated rings. The van der Waals surface area contributed by atoms with Gasteiger partial charge >= 0.3 is 0 Å². The quantitative estimate of drug-likeness (QED) is 0.645. The van der Waals surface area contributed by atoms with E-state index in [1.54, 1.807) is 36.5 Å². The van der Waals surface area contributed by atoms with Crippen LogP contribution in [0.15, 0.2) is 55.6 Å². The van der Waals surface area contributed by atoms with Gasteiger partial charge in [-0.2, -0.15) is 0 Å². The Morgan fingerprint density at radius 2 is 1.92 bits per heavy atom. The lowest BCUT2D eigenvalue weighted by molar-refractivity contribution is -0.112. The third kappa shape index (κ3) is 3.82. The Bertz CT molecular complexity index is 992. The fraction of sp³-hybridized carbons (Fsp3) is 0. The van der Waals surface area contributed by atoms with Crippen molar-refractivity contribution in [1.82, 2.24) is 15.0 Å². The maximum absolute atomic E-state index is 11.4. The molecule has 0 aliphatic carbocycles. The predicted octanol–water partition coefficient (Wildman–Crippen LogP) is 4.09. The Labute approximate surface area is 159 Å². The minimum absolute atomic E-state index is 0.208. The van der Waals surface area contributed by atoms with Crippen molar-refractivity contribution in [3.63, 3.8) is 0 Å². The van der Waals surface area contributed by atoms with Crippen LogP contribution in [0.2, 0.25) is 10.0 Å². The fourth-order valence-corrected chi connectivity index (χ4v) is 2.52. The van der Waals surface area contributed by atoms with Gasteiger partial charge < -0.3 is 11.1 Å². The van der Waals surface area contributed by atoms with E-state index in [0.717, 1.165) is 5.56 Å². The van der Waals surface area contributed by atoms with Crippen molar-refractivity contribution >= 4 is 46.2 Å². The second kappa shape index (κ2) is 7.51. The first kappa shape index (κ1) is 17.8. The van der Waals surface area contributed by atoms with Gasteiger partial charge in [-0.1, -0.05) is 35.8 Å². The normalized spacial score (nSPS) is 10.4. The third-order valence-corrected chi connectivity index (χ3v) is 4.31. The van der Waals surface area contributed by atoms with Crippen LogP contribution >= 0.6 is 23.2 Å². The Balaban J connectivity index is 2.07. The van der Waals surface area contributed by atoms with E-state index in [-0.39, 0.29) is 5.57 Å². The second-order valence-corrected chi connectivity index (χ2v) is 6.12. The van der Waals surface area contributed by atoms with Gasteiger partial charge in [-0.05, 0) is 23.8 Å². The monoisotopic (exact) mass is 385 g/mol. The SMILES string of the molecule is C=C(C(N)=O)c1ccc(Nc2cc(Cl)c(Cl)cn2)c(-c2ccncn2)c1. The molecule has 3 aromatic rings. The summed E-state index contributed by atoms with van der Waals surface area (Å²) in [5.74, 6) is -0.0818. The number of anilines is 2. The molecule has 0 radical (unpaired) electrons. The molecule has 1 amide bonds. The lowest BCUT2D eigenvalue weighted by atomic mass is 10.0. The van der Waals surface area contributed by atoms with Gasteiger partial charge in [-0.15, -0.1) is 0 Å². The van der Waals surface area contributed by atoms with E-state index in [0.29, 0.717) is 32.8 Å². The molecule has 6 nitrogen and oxygen atoms in total. The molecule has 8 heteroatoms. The number of amides is 1. The van der Waals surface area contributed by atoms with E-state index in [9.17, 15) is 4.79 Å². The highest BCUT2D eigenvalue weighted by molar-refractivity contribution is 6.42. The summed E-state index contributed by atoms with van der Waals surface area (Å²) in [5, 5.41) is 3.92. The summed E-state index contributed by atoms with van der Waals surface area (Å²) < 4.78 is 0. The van der Waals surface area contributed by atoms with Gasteiger partial charge in [0, 0.05) is 35.3 Å². The molecular weight excluding hydrogens is 373 g/mol. The van der Waals surface area contributed by atoms with E-state index < -0.39 is 5.91 Å². The summed E-state index contributed by atoms with van der Waals surface area (Å²) in [6.07, 6.45) is 4.52. The number of hydrogen-bond acceptors (Lipinski definition) is 5.